The van der Waals surface area contributed by atoms with Gasteiger partial charge in [0.1, 0.15) is 17.7 Å². The Bertz CT molecular complexity index is 1420. The minimum atomic E-state index is -1.46. The van der Waals surface area contributed by atoms with E-state index in [1.165, 1.54) is 22.8 Å². The lowest BCUT2D eigenvalue weighted by atomic mass is 10.1. The van der Waals surface area contributed by atoms with E-state index in [9.17, 15) is 19.8 Å². The maximum absolute atomic E-state index is 12.6. The molecule has 13 heteroatoms. The predicted molar refractivity (Wildman–Crippen MR) is 125 cm³/mol. The van der Waals surface area contributed by atoms with Crippen LogP contribution in [0.5, 0.6) is 0 Å². The van der Waals surface area contributed by atoms with Gasteiger partial charge in [-0.05, 0) is 30.2 Å². The fourth-order valence-corrected chi connectivity index (χ4v) is 3.65. The second-order valence-electron chi connectivity index (χ2n) is 7.95. The van der Waals surface area contributed by atoms with E-state index < -0.39 is 30.4 Å². The van der Waals surface area contributed by atoms with Crippen molar-refractivity contribution < 1.29 is 24.5 Å². The number of anilines is 1. The zero-order chi connectivity index (χ0) is 26.0. The van der Waals surface area contributed by atoms with Gasteiger partial charge in [0, 0.05) is 19.7 Å². The van der Waals surface area contributed by atoms with Crippen LogP contribution in [0.25, 0.3) is 11.2 Å². The van der Waals surface area contributed by atoms with E-state index in [-0.39, 0.29) is 35.3 Å². The number of benzene rings is 1. The summed E-state index contributed by atoms with van der Waals surface area (Å²) in [5.41, 5.74) is 7.28. The van der Waals surface area contributed by atoms with Crippen molar-refractivity contribution in [3.63, 3.8) is 0 Å². The van der Waals surface area contributed by atoms with Gasteiger partial charge in [0.2, 0.25) is 5.82 Å². The molecule has 1 unspecified atom stereocenters. The number of carbonyl (C=O) groups excluding carboxylic acids is 2. The molecule has 1 saturated heterocycles. The van der Waals surface area contributed by atoms with Crippen LogP contribution in [0.4, 0.5) is 5.82 Å². The van der Waals surface area contributed by atoms with Crippen molar-refractivity contribution >= 4 is 28.8 Å². The molecule has 36 heavy (non-hydrogen) atoms. The number of nitrogen functional groups attached to an aromatic ring is 1. The summed E-state index contributed by atoms with van der Waals surface area (Å²) in [6.07, 6.45) is -4.02. The topological polar surface area (TPSA) is 193 Å². The summed E-state index contributed by atoms with van der Waals surface area (Å²) in [6, 6.07) is 8.24. The molecular formula is C23H22N8O5. The van der Waals surface area contributed by atoms with E-state index in [2.05, 4.69) is 32.1 Å². The number of hydrogen-bond acceptors (Lipinski definition) is 10. The third-order valence-corrected chi connectivity index (χ3v) is 5.59. The Kier molecular flexibility index (Phi) is 6.80. The number of nitrogens with zero attached hydrogens (tertiary/aromatic N) is 6. The number of ether oxygens (including phenoxy) is 1. The maximum atomic E-state index is 12.6. The first-order valence-electron chi connectivity index (χ1n) is 10.7. The summed E-state index contributed by atoms with van der Waals surface area (Å²) in [7, 11) is 2.97. The maximum Gasteiger partial charge on any atom is 0.254 e. The number of nitrogens with two attached hydrogens (primary N) is 1. The van der Waals surface area contributed by atoms with E-state index in [1.54, 1.807) is 31.3 Å². The Morgan fingerprint density at radius 3 is 2.64 bits per heavy atom. The highest BCUT2D eigenvalue weighted by Gasteiger charge is 2.47. The number of nitriles is 1. The van der Waals surface area contributed by atoms with Gasteiger partial charge in [-0.25, -0.2) is 15.0 Å². The highest BCUT2D eigenvalue weighted by atomic mass is 16.6. The SMILES string of the molecule is CNC(=O)[C@H]1O[C@@H](n2cnc3c(N)nc(C#CCN(C)C(=O)c4ccc(C#N)cc4)nc32)[C@H](O)C1O. The van der Waals surface area contributed by atoms with Crippen LogP contribution in [0.15, 0.2) is 30.6 Å². The number of hydrogen-bond donors (Lipinski definition) is 4. The van der Waals surface area contributed by atoms with Crippen LogP contribution < -0.4 is 11.1 Å². The largest absolute Gasteiger partial charge is 0.387 e. The minimum Gasteiger partial charge on any atom is -0.387 e. The predicted octanol–water partition coefficient (Wildman–Crippen LogP) is -1.23. The van der Waals surface area contributed by atoms with Gasteiger partial charge in [0.25, 0.3) is 11.8 Å². The molecule has 2 amide bonds. The van der Waals surface area contributed by atoms with Gasteiger partial charge in [0.15, 0.2) is 23.8 Å². The third-order valence-electron chi connectivity index (χ3n) is 5.59. The quantitative estimate of drug-likeness (QED) is 0.322. The van der Waals surface area contributed by atoms with Crippen LogP contribution in [0.3, 0.4) is 0 Å². The minimum absolute atomic E-state index is 0.0287. The van der Waals surface area contributed by atoms with E-state index in [1.807, 2.05) is 6.07 Å². The van der Waals surface area contributed by atoms with Crippen molar-refractivity contribution in [1.82, 2.24) is 29.7 Å². The molecule has 2 aromatic heterocycles. The number of aliphatic hydroxyl groups excluding tert-OH is 2. The first-order chi connectivity index (χ1) is 17.2. The van der Waals surface area contributed by atoms with Crippen LogP contribution in [0.1, 0.15) is 28.0 Å². The van der Waals surface area contributed by atoms with E-state index in [0.29, 0.717) is 11.1 Å². The lowest BCUT2D eigenvalue weighted by Gasteiger charge is -2.16. The molecule has 3 aromatic rings. The monoisotopic (exact) mass is 490 g/mol. The van der Waals surface area contributed by atoms with Crippen molar-refractivity contribution in [2.75, 3.05) is 26.4 Å². The van der Waals surface area contributed by atoms with Crippen molar-refractivity contribution in [1.29, 1.82) is 5.26 Å². The standard InChI is InChI=1S/C23H22N8O5/c1-26-21(34)18-16(32)17(33)23(36-18)31-11-27-15-19(25)28-14(29-20(15)31)4-3-9-30(2)22(35)13-7-5-12(10-24)6-8-13/h5-8,11,16-18,23,32-33H,9H2,1-2H3,(H,26,34)(H2,25,28,29)/t16?,17-,18+,23-/m1/s1. The van der Waals surface area contributed by atoms with Crippen LogP contribution in [0, 0.1) is 23.2 Å². The molecule has 1 aromatic carbocycles. The number of aliphatic hydroxyl groups is 2. The van der Waals surface area contributed by atoms with Crippen LogP contribution in [0.2, 0.25) is 0 Å². The van der Waals surface area contributed by atoms with E-state index in [4.69, 9.17) is 15.7 Å². The molecule has 0 saturated carbocycles. The Morgan fingerprint density at radius 2 is 1.97 bits per heavy atom. The molecule has 1 aliphatic heterocycles. The molecule has 0 spiro atoms. The summed E-state index contributed by atoms with van der Waals surface area (Å²) >= 11 is 0. The molecule has 184 valence electrons. The third kappa shape index (κ3) is 4.54. The van der Waals surface area contributed by atoms with Gasteiger partial charge < -0.3 is 30.9 Å². The molecule has 1 aliphatic rings. The van der Waals surface area contributed by atoms with Crippen molar-refractivity contribution in [2.45, 2.75) is 24.5 Å². The number of rotatable bonds is 4. The Hall–Kier alpha value is -4.56. The first-order valence-corrected chi connectivity index (χ1v) is 10.7. The Morgan fingerprint density at radius 1 is 1.25 bits per heavy atom. The number of fused-ring (bicyclic) bond motifs is 1. The van der Waals surface area contributed by atoms with E-state index >= 15 is 0 Å². The van der Waals surface area contributed by atoms with Gasteiger partial charge in [0.05, 0.1) is 24.5 Å². The number of carbonyl (C=O) groups is 2. The second kappa shape index (κ2) is 9.97. The highest BCUT2D eigenvalue weighted by Crippen LogP contribution is 2.32. The lowest BCUT2D eigenvalue weighted by molar-refractivity contribution is -0.137. The fraction of sp³-hybridized carbons (Fsp3) is 0.304. The molecule has 4 rings (SSSR count). The second-order valence-corrected chi connectivity index (χ2v) is 7.95. The fourth-order valence-electron chi connectivity index (χ4n) is 3.65. The van der Waals surface area contributed by atoms with Crippen LogP contribution >= 0.6 is 0 Å². The van der Waals surface area contributed by atoms with Gasteiger partial charge in [-0.1, -0.05) is 5.92 Å². The molecule has 0 radical (unpaired) electrons. The summed E-state index contributed by atoms with van der Waals surface area (Å²) in [5, 5.41) is 31.9. The Balaban J connectivity index is 1.55. The molecule has 0 bridgehead atoms. The lowest BCUT2D eigenvalue weighted by Crippen LogP contribution is -2.41. The van der Waals surface area contributed by atoms with Gasteiger partial charge in [-0.2, -0.15) is 5.26 Å². The van der Waals surface area contributed by atoms with Gasteiger partial charge in [-0.3, -0.25) is 14.2 Å². The van der Waals surface area contributed by atoms with Crippen molar-refractivity contribution in [3.8, 4) is 17.9 Å². The van der Waals surface area contributed by atoms with Gasteiger partial charge >= 0.3 is 0 Å². The zero-order valence-corrected chi connectivity index (χ0v) is 19.3. The first kappa shape index (κ1) is 24.6. The number of likely N-dealkylation sites (N-methyl/N-ethyl adjacent to an activating group) is 1. The number of imidazole rings is 1. The molecule has 4 atom stereocenters. The van der Waals surface area contributed by atoms with Crippen LogP contribution in [-0.4, -0.2) is 85.4 Å². The summed E-state index contributed by atoms with van der Waals surface area (Å²) in [4.78, 5) is 38.5. The summed E-state index contributed by atoms with van der Waals surface area (Å²) in [5.74, 6) is 4.76. The normalized spacial score (nSPS) is 20.9. The van der Waals surface area contributed by atoms with Crippen molar-refractivity contribution in [2.24, 2.45) is 0 Å². The molecular weight excluding hydrogens is 468 g/mol. The summed E-state index contributed by atoms with van der Waals surface area (Å²) in [6.45, 7) is 0.0594. The van der Waals surface area contributed by atoms with Crippen LogP contribution in [-0.2, 0) is 9.53 Å². The molecule has 13 nitrogen and oxygen atoms in total. The molecule has 5 N–H and O–H groups in total. The number of nitrogens with one attached hydrogen (secondary N) is 1. The number of aromatic nitrogens is 4. The molecule has 0 aliphatic carbocycles. The zero-order valence-electron chi connectivity index (χ0n) is 19.3. The average Bonchev–Trinajstić information content (AvgIpc) is 3.44. The van der Waals surface area contributed by atoms with Crippen molar-refractivity contribution in [3.05, 3.63) is 47.5 Å². The van der Waals surface area contributed by atoms with Gasteiger partial charge in [-0.15, -0.1) is 0 Å². The van der Waals surface area contributed by atoms with E-state index in [0.717, 1.165) is 0 Å². The Labute approximate surface area is 205 Å². The molecule has 3 heterocycles. The molecule has 1 fully saturated rings. The smallest absolute Gasteiger partial charge is 0.254 e. The highest BCUT2D eigenvalue weighted by molar-refractivity contribution is 5.94. The number of amides is 2. The summed E-state index contributed by atoms with van der Waals surface area (Å²) < 4.78 is 6.92. The average molecular weight is 490 g/mol.